The van der Waals surface area contributed by atoms with E-state index in [1.165, 1.54) is 30.5 Å². The number of aromatic nitrogens is 4. The molecule has 0 bridgehead atoms. The van der Waals surface area contributed by atoms with Gasteiger partial charge >= 0.3 is 0 Å². The van der Waals surface area contributed by atoms with Gasteiger partial charge in [0.1, 0.15) is 11.6 Å². The fraction of sp³-hybridized carbons (Fsp3) is 0. The van der Waals surface area contributed by atoms with E-state index in [0.29, 0.717) is 22.7 Å². The summed E-state index contributed by atoms with van der Waals surface area (Å²) >= 11 is 0. The standard InChI is InChI=1S/C24H16FN5O2/c25-17-4-7-19(8-5-17)32-22-10-6-18(14-27-22)28-24(31)23-20-12-15(3-9-21(20)29-30-23)16-2-1-11-26-13-16/h1-14H,(H,28,31)(H,29,30). The molecule has 0 aliphatic carbocycles. The number of carbonyl (C=O) groups is 1. The molecule has 2 N–H and O–H groups in total. The average Bonchev–Trinajstić information content (AvgIpc) is 3.26. The van der Waals surface area contributed by atoms with Crippen LogP contribution < -0.4 is 10.1 Å². The van der Waals surface area contributed by atoms with Crippen molar-refractivity contribution in [1.29, 1.82) is 0 Å². The number of fused-ring (bicyclic) bond motifs is 1. The van der Waals surface area contributed by atoms with Crippen LogP contribution in [0.15, 0.2) is 85.3 Å². The van der Waals surface area contributed by atoms with Crippen LogP contribution in [0.5, 0.6) is 11.6 Å². The Balaban J connectivity index is 1.34. The molecule has 8 heteroatoms. The maximum absolute atomic E-state index is 13.0. The molecule has 2 aromatic carbocycles. The van der Waals surface area contributed by atoms with Crippen molar-refractivity contribution in [2.75, 3.05) is 5.32 Å². The first-order valence-electron chi connectivity index (χ1n) is 9.75. The number of halogens is 1. The summed E-state index contributed by atoms with van der Waals surface area (Å²) in [4.78, 5) is 21.2. The zero-order chi connectivity index (χ0) is 21.9. The van der Waals surface area contributed by atoms with Gasteiger partial charge in [-0.25, -0.2) is 9.37 Å². The van der Waals surface area contributed by atoms with Crippen LogP contribution in [0, 0.1) is 5.82 Å². The molecule has 7 nitrogen and oxygen atoms in total. The Morgan fingerprint density at radius 1 is 0.969 bits per heavy atom. The van der Waals surface area contributed by atoms with Crippen molar-refractivity contribution in [3.8, 4) is 22.8 Å². The van der Waals surface area contributed by atoms with Crippen LogP contribution in [0.2, 0.25) is 0 Å². The first-order valence-corrected chi connectivity index (χ1v) is 9.75. The SMILES string of the molecule is O=C(Nc1ccc(Oc2ccc(F)cc2)nc1)c1n[nH]c2ccc(-c3cccnc3)cc12. The van der Waals surface area contributed by atoms with Crippen LogP contribution in [0.25, 0.3) is 22.0 Å². The molecule has 5 rings (SSSR count). The van der Waals surface area contributed by atoms with Crippen LogP contribution in [0.1, 0.15) is 10.5 Å². The molecule has 3 heterocycles. The van der Waals surface area contributed by atoms with Crippen LogP contribution in [0.3, 0.4) is 0 Å². The lowest BCUT2D eigenvalue weighted by atomic mass is 10.0. The lowest BCUT2D eigenvalue weighted by Crippen LogP contribution is -2.13. The van der Waals surface area contributed by atoms with Gasteiger partial charge in [-0.3, -0.25) is 14.9 Å². The van der Waals surface area contributed by atoms with Gasteiger partial charge in [0.2, 0.25) is 5.88 Å². The van der Waals surface area contributed by atoms with Crippen molar-refractivity contribution in [3.05, 3.63) is 96.8 Å². The summed E-state index contributed by atoms with van der Waals surface area (Å²) in [6, 6.07) is 18.5. The molecule has 5 aromatic rings. The van der Waals surface area contributed by atoms with E-state index in [1.54, 1.807) is 24.5 Å². The fourth-order valence-corrected chi connectivity index (χ4v) is 3.23. The van der Waals surface area contributed by atoms with Gasteiger partial charge in [-0.1, -0.05) is 12.1 Å². The number of nitrogens with one attached hydrogen (secondary N) is 2. The summed E-state index contributed by atoms with van der Waals surface area (Å²) in [7, 11) is 0. The number of rotatable bonds is 5. The van der Waals surface area contributed by atoms with E-state index >= 15 is 0 Å². The number of carbonyl (C=O) groups excluding carboxylic acids is 1. The maximum Gasteiger partial charge on any atom is 0.276 e. The molecular weight excluding hydrogens is 409 g/mol. The van der Waals surface area contributed by atoms with E-state index in [2.05, 4.69) is 25.5 Å². The number of aromatic amines is 1. The Labute approximate surface area is 181 Å². The summed E-state index contributed by atoms with van der Waals surface area (Å²) < 4.78 is 18.6. The van der Waals surface area contributed by atoms with Crippen molar-refractivity contribution >= 4 is 22.5 Å². The molecule has 0 unspecified atom stereocenters. The van der Waals surface area contributed by atoms with Crippen LogP contribution in [0.4, 0.5) is 10.1 Å². The van der Waals surface area contributed by atoms with E-state index in [4.69, 9.17) is 4.74 Å². The second-order valence-electron chi connectivity index (χ2n) is 6.97. The molecule has 1 amide bonds. The first kappa shape index (κ1) is 19.4. The largest absolute Gasteiger partial charge is 0.439 e. The third-order valence-corrected chi connectivity index (χ3v) is 4.80. The monoisotopic (exact) mass is 425 g/mol. The number of nitrogens with zero attached hydrogens (tertiary/aromatic N) is 3. The highest BCUT2D eigenvalue weighted by atomic mass is 19.1. The highest BCUT2D eigenvalue weighted by molar-refractivity contribution is 6.11. The summed E-state index contributed by atoms with van der Waals surface area (Å²) in [5.41, 5.74) is 3.40. The topological polar surface area (TPSA) is 92.8 Å². The number of benzene rings is 2. The number of amides is 1. The fourth-order valence-electron chi connectivity index (χ4n) is 3.23. The van der Waals surface area contributed by atoms with Crippen molar-refractivity contribution in [3.63, 3.8) is 0 Å². The second kappa shape index (κ2) is 8.27. The van der Waals surface area contributed by atoms with Gasteiger partial charge in [0.15, 0.2) is 5.69 Å². The van der Waals surface area contributed by atoms with Crippen LogP contribution >= 0.6 is 0 Å². The number of H-pyrrole nitrogens is 1. The third-order valence-electron chi connectivity index (χ3n) is 4.80. The Morgan fingerprint density at radius 3 is 2.59 bits per heavy atom. The van der Waals surface area contributed by atoms with Crippen LogP contribution in [-0.2, 0) is 0 Å². The Hall–Kier alpha value is -4.59. The molecule has 156 valence electrons. The molecular formula is C24H16FN5O2. The quantitative estimate of drug-likeness (QED) is 0.404. The van der Waals surface area contributed by atoms with Gasteiger partial charge in [-0.05, 0) is 54.1 Å². The second-order valence-corrected chi connectivity index (χ2v) is 6.97. The maximum atomic E-state index is 13.0. The molecule has 0 aliphatic heterocycles. The molecule has 0 radical (unpaired) electrons. The van der Waals surface area contributed by atoms with Crippen molar-refractivity contribution in [1.82, 2.24) is 20.2 Å². The number of hydrogen-bond acceptors (Lipinski definition) is 5. The summed E-state index contributed by atoms with van der Waals surface area (Å²) in [6.45, 7) is 0. The van der Waals surface area contributed by atoms with Gasteiger partial charge in [0, 0.05) is 29.4 Å². The van der Waals surface area contributed by atoms with E-state index in [0.717, 1.165) is 16.6 Å². The number of ether oxygens (including phenoxy) is 1. The molecule has 0 fully saturated rings. The van der Waals surface area contributed by atoms with E-state index < -0.39 is 0 Å². The number of hydrogen-bond donors (Lipinski definition) is 2. The zero-order valence-electron chi connectivity index (χ0n) is 16.6. The Bertz CT molecular complexity index is 1380. The molecule has 0 saturated carbocycles. The molecule has 0 aliphatic rings. The number of anilines is 1. The van der Waals surface area contributed by atoms with Gasteiger partial charge in [-0.15, -0.1) is 0 Å². The Kier molecular flexibility index (Phi) is 5.01. The lowest BCUT2D eigenvalue weighted by molar-refractivity contribution is 0.102. The van der Waals surface area contributed by atoms with Crippen molar-refractivity contribution in [2.45, 2.75) is 0 Å². The molecule has 0 spiro atoms. The minimum absolute atomic E-state index is 0.275. The van der Waals surface area contributed by atoms with Gasteiger partial charge in [-0.2, -0.15) is 5.10 Å². The zero-order valence-corrected chi connectivity index (χ0v) is 16.6. The normalized spacial score (nSPS) is 10.8. The van der Waals surface area contributed by atoms with E-state index in [-0.39, 0.29) is 17.4 Å². The average molecular weight is 425 g/mol. The van der Waals surface area contributed by atoms with E-state index in [9.17, 15) is 9.18 Å². The highest BCUT2D eigenvalue weighted by Gasteiger charge is 2.15. The molecule has 3 aromatic heterocycles. The van der Waals surface area contributed by atoms with Gasteiger partial charge < -0.3 is 10.1 Å². The Morgan fingerprint density at radius 2 is 1.84 bits per heavy atom. The van der Waals surface area contributed by atoms with Gasteiger partial charge in [0.25, 0.3) is 5.91 Å². The van der Waals surface area contributed by atoms with Crippen molar-refractivity contribution in [2.24, 2.45) is 0 Å². The van der Waals surface area contributed by atoms with Crippen molar-refractivity contribution < 1.29 is 13.9 Å². The summed E-state index contributed by atoms with van der Waals surface area (Å²) in [6.07, 6.45) is 4.96. The number of pyridine rings is 2. The minimum Gasteiger partial charge on any atom is -0.439 e. The van der Waals surface area contributed by atoms with Crippen LogP contribution in [-0.4, -0.2) is 26.1 Å². The smallest absolute Gasteiger partial charge is 0.276 e. The van der Waals surface area contributed by atoms with Gasteiger partial charge in [0.05, 0.1) is 17.4 Å². The predicted molar refractivity (Wildman–Crippen MR) is 118 cm³/mol. The summed E-state index contributed by atoms with van der Waals surface area (Å²) in [5.74, 6) is 0.0689. The molecule has 0 atom stereocenters. The summed E-state index contributed by atoms with van der Waals surface area (Å²) in [5, 5.41) is 10.6. The lowest BCUT2D eigenvalue weighted by Gasteiger charge is -2.07. The first-order chi connectivity index (χ1) is 15.7. The predicted octanol–water partition coefficient (Wildman–Crippen LogP) is 5.20. The highest BCUT2D eigenvalue weighted by Crippen LogP contribution is 2.26. The van der Waals surface area contributed by atoms with E-state index in [1.807, 2.05) is 30.3 Å². The molecule has 0 saturated heterocycles. The third kappa shape index (κ3) is 4.01. The minimum atomic E-state index is -0.367. The molecule has 32 heavy (non-hydrogen) atoms.